The quantitative estimate of drug-likeness (QED) is 0.863. The molecule has 0 radical (unpaired) electrons. The largest absolute Gasteiger partial charge is 0.418 e. The van der Waals surface area contributed by atoms with Crippen LogP contribution < -0.4 is 0 Å². The lowest BCUT2D eigenvalue weighted by Gasteiger charge is -2.26. The SMILES string of the molecule is OC1(C(F)(F)F)CCN(Cc2ccccc2)C1. The van der Waals surface area contributed by atoms with Gasteiger partial charge in [0.1, 0.15) is 0 Å². The molecule has 0 aliphatic carbocycles. The van der Waals surface area contributed by atoms with E-state index in [9.17, 15) is 18.3 Å². The number of hydrogen-bond acceptors (Lipinski definition) is 2. The number of halogens is 3. The molecule has 0 saturated carbocycles. The van der Waals surface area contributed by atoms with E-state index in [0.29, 0.717) is 6.54 Å². The molecule has 5 heteroatoms. The monoisotopic (exact) mass is 245 g/mol. The highest BCUT2D eigenvalue weighted by atomic mass is 19.4. The summed E-state index contributed by atoms with van der Waals surface area (Å²) in [6.45, 7) is 0.371. The average molecular weight is 245 g/mol. The lowest BCUT2D eigenvalue weighted by Crippen LogP contribution is -2.47. The summed E-state index contributed by atoms with van der Waals surface area (Å²) < 4.78 is 37.7. The van der Waals surface area contributed by atoms with Gasteiger partial charge in [-0.2, -0.15) is 13.2 Å². The Morgan fingerprint density at radius 3 is 2.41 bits per heavy atom. The molecule has 1 aromatic carbocycles. The molecular formula is C12H14F3NO. The molecule has 17 heavy (non-hydrogen) atoms. The van der Waals surface area contributed by atoms with Crippen LogP contribution in [-0.4, -0.2) is 34.9 Å². The van der Waals surface area contributed by atoms with E-state index in [1.807, 2.05) is 30.3 Å². The molecule has 0 bridgehead atoms. The molecule has 0 aromatic heterocycles. The van der Waals surface area contributed by atoms with Crippen LogP contribution in [-0.2, 0) is 6.54 Å². The van der Waals surface area contributed by atoms with Crippen molar-refractivity contribution in [1.82, 2.24) is 4.90 Å². The minimum absolute atomic E-state index is 0.247. The number of hydrogen-bond donors (Lipinski definition) is 1. The fourth-order valence-electron chi connectivity index (χ4n) is 2.08. The van der Waals surface area contributed by atoms with Crippen molar-refractivity contribution in [1.29, 1.82) is 0 Å². The van der Waals surface area contributed by atoms with E-state index < -0.39 is 11.8 Å². The second kappa shape index (κ2) is 4.31. The molecule has 1 N–H and O–H groups in total. The van der Waals surface area contributed by atoms with Crippen molar-refractivity contribution >= 4 is 0 Å². The van der Waals surface area contributed by atoms with Crippen LogP contribution in [0.15, 0.2) is 30.3 Å². The second-order valence-electron chi connectivity index (χ2n) is 4.48. The Balaban J connectivity index is 1.99. The van der Waals surface area contributed by atoms with Gasteiger partial charge in [0.05, 0.1) is 0 Å². The summed E-state index contributed by atoms with van der Waals surface area (Å²) in [7, 11) is 0. The summed E-state index contributed by atoms with van der Waals surface area (Å²) in [5.74, 6) is 0. The number of nitrogens with zero attached hydrogens (tertiary/aromatic N) is 1. The van der Waals surface area contributed by atoms with Gasteiger partial charge in [0.25, 0.3) is 0 Å². The van der Waals surface area contributed by atoms with Crippen molar-refractivity contribution in [2.75, 3.05) is 13.1 Å². The van der Waals surface area contributed by atoms with Crippen LogP contribution in [0.25, 0.3) is 0 Å². The smallest absolute Gasteiger partial charge is 0.379 e. The van der Waals surface area contributed by atoms with Gasteiger partial charge in [0.15, 0.2) is 5.60 Å². The molecule has 1 atom stereocenters. The molecule has 2 rings (SSSR count). The minimum atomic E-state index is -4.54. The molecule has 1 heterocycles. The van der Waals surface area contributed by atoms with Crippen LogP contribution in [0.4, 0.5) is 13.2 Å². The molecular weight excluding hydrogens is 231 g/mol. The molecule has 1 aliphatic heterocycles. The van der Waals surface area contributed by atoms with Gasteiger partial charge in [-0.3, -0.25) is 4.90 Å². The third-order valence-corrected chi connectivity index (χ3v) is 3.10. The maximum absolute atomic E-state index is 12.6. The van der Waals surface area contributed by atoms with Gasteiger partial charge in [-0.25, -0.2) is 0 Å². The van der Waals surface area contributed by atoms with Crippen molar-refractivity contribution in [2.45, 2.75) is 24.7 Å². The third-order valence-electron chi connectivity index (χ3n) is 3.10. The van der Waals surface area contributed by atoms with Gasteiger partial charge >= 0.3 is 6.18 Å². The lowest BCUT2D eigenvalue weighted by molar-refractivity contribution is -0.254. The molecule has 0 spiro atoms. The maximum Gasteiger partial charge on any atom is 0.418 e. The van der Waals surface area contributed by atoms with Crippen LogP contribution in [0.5, 0.6) is 0 Å². The van der Waals surface area contributed by atoms with Crippen molar-refractivity contribution in [2.24, 2.45) is 0 Å². The van der Waals surface area contributed by atoms with E-state index in [1.54, 1.807) is 4.90 Å². The first-order chi connectivity index (χ1) is 7.91. The second-order valence-corrected chi connectivity index (χ2v) is 4.48. The first-order valence-electron chi connectivity index (χ1n) is 5.46. The van der Waals surface area contributed by atoms with Crippen molar-refractivity contribution in [3.05, 3.63) is 35.9 Å². The normalized spacial score (nSPS) is 26.4. The van der Waals surface area contributed by atoms with Gasteiger partial charge in [-0.05, 0) is 12.0 Å². The summed E-state index contributed by atoms with van der Waals surface area (Å²) >= 11 is 0. The Morgan fingerprint density at radius 1 is 1.24 bits per heavy atom. The van der Waals surface area contributed by atoms with Gasteiger partial charge < -0.3 is 5.11 Å². The number of alkyl halides is 3. The average Bonchev–Trinajstić information content (AvgIpc) is 2.62. The lowest BCUT2D eigenvalue weighted by atomic mass is 10.0. The van der Waals surface area contributed by atoms with Gasteiger partial charge in [-0.1, -0.05) is 30.3 Å². The third kappa shape index (κ3) is 2.61. The Kier molecular flexibility index (Phi) is 3.14. The van der Waals surface area contributed by atoms with Gasteiger partial charge in [-0.15, -0.1) is 0 Å². The predicted octanol–water partition coefficient (Wildman–Crippen LogP) is 2.19. The van der Waals surface area contributed by atoms with Gasteiger partial charge in [0.2, 0.25) is 0 Å². The van der Waals surface area contributed by atoms with Gasteiger partial charge in [0, 0.05) is 19.6 Å². The molecule has 1 unspecified atom stereocenters. The predicted molar refractivity (Wildman–Crippen MR) is 57.3 cm³/mol. The van der Waals surface area contributed by atoms with Crippen LogP contribution in [0.1, 0.15) is 12.0 Å². The summed E-state index contributed by atoms with van der Waals surface area (Å²) in [6.07, 6.45) is -4.79. The van der Waals surface area contributed by atoms with Crippen molar-refractivity contribution < 1.29 is 18.3 Å². The number of benzene rings is 1. The maximum atomic E-state index is 12.6. The van der Waals surface area contributed by atoms with Crippen molar-refractivity contribution in [3.8, 4) is 0 Å². The summed E-state index contributed by atoms with van der Waals surface area (Å²) in [5.41, 5.74) is -1.58. The fraction of sp³-hybridized carbons (Fsp3) is 0.500. The minimum Gasteiger partial charge on any atom is -0.379 e. The van der Waals surface area contributed by atoms with E-state index in [-0.39, 0.29) is 19.5 Å². The number of likely N-dealkylation sites (tertiary alicyclic amines) is 1. The number of rotatable bonds is 2. The molecule has 1 aliphatic rings. The number of aliphatic hydroxyl groups is 1. The molecule has 1 aromatic rings. The molecule has 0 amide bonds. The van der Waals surface area contributed by atoms with Crippen LogP contribution in [0.3, 0.4) is 0 Å². The summed E-state index contributed by atoms with van der Waals surface area (Å²) in [6, 6.07) is 9.29. The Hall–Kier alpha value is -1.07. The van der Waals surface area contributed by atoms with E-state index in [4.69, 9.17) is 0 Å². The number of β-amino-alcohol motifs (C(OH)–C–C–N with tert-alkyl or cyclic N) is 1. The molecule has 94 valence electrons. The Bertz CT molecular complexity index is 379. The molecule has 1 fully saturated rings. The topological polar surface area (TPSA) is 23.5 Å². The Morgan fingerprint density at radius 2 is 1.88 bits per heavy atom. The van der Waals surface area contributed by atoms with E-state index in [2.05, 4.69) is 0 Å². The van der Waals surface area contributed by atoms with Crippen LogP contribution >= 0.6 is 0 Å². The first kappa shape index (κ1) is 12.4. The fourth-order valence-corrected chi connectivity index (χ4v) is 2.08. The first-order valence-corrected chi connectivity index (χ1v) is 5.46. The standard InChI is InChI=1S/C12H14F3NO/c13-12(14,15)11(17)6-7-16(9-11)8-10-4-2-1-3-5-10/h1-5,17H,6-9H2. The van der Waals surface area contributed by atoms with Crippen LogP contribution in [0, 0.1) is 0 Å². The summed E-state index contributed by atoms with van der Waals surface area (Å²) in [4.78, 5) is 1.63. The zero-order chi connectivity index (χ0) is 12.5. The van der Waals surface area contributed by atoms with E-state index in [1.165, 1.54) is 0 Å². The molecule has 2 nitrogen and oxygen atoms in total. The van der Waals surface area contributed by atoms with E-state index >= 15 is 0 Å². The molecule has 1 saturated heterocycles. The van der Waals surface area contributed by atoms with E-state index in [0.717, 1.165) is 5.56 Å². The zero-order valence-electron chi connectivity index (χ0n) is 9.24. The highest BCUT2D eigenvalue weighted by Gasteiger charge is 2.56. The summed E-state index contributed by atoms with van der Waals surface area (Å²) in [5, 5.41) is 9.51. The van der Waals surface area contributed by atoms with Crippen LogP contribution in [0.2, 0.25) is 0 Å². The zero-order valence-corrected chi connectivity index (χ0v) is 9.24. The Labute approximate surface area is 97.7 Å². The highest BCUT2D eigenvalue weighted by molar-refractivity contribution is 5.15. The highest BCUT2D eigenvalue weighted by Crippen LogP contribution is 2.37. The van der Waals surface area contributed by atoms with Crippen molar-refractivity contribution in [3.63, 3.8) is 0 Å².